The van der Waals surface area contributed by atoms with E-state index in [1.165, 1.54) is 0 Å². The number of hydrogen-bond acceptors (Lipinski definition) is 5. The van der Waals surface area contributed by atoms with Crippen LogP contribution in [0.5, 0.6) is 0 Å². The number of nitrogens with zero attached hydrogens (tertiary/aromatic N) is 4. The zero-order valence-corrected chi connectivity index (χ0v) is 19.5. The van der Waals surface area contributed by atoms with Crippen LogP contribution in [0, 0.1) is 0 Å². The summed E-state index contributed by atoms with van der Waals surface area (Å²) in [5, 5.41) is 2.96. The second kappa shape index (κ2) is 10.2. The van der Waals surface area contributed by atoms with Gasteiger partial charge in [-0.2, -0.15) is 0 Å². The van der Waals surface area contributed by atoms with E-state index >= 15 is 0 Å². The third-order valence-electron chi connectivity index (χ3n) is 5.85. The van der Waals surface area contributed by atoms with E-state index in [-0.39, 0.29) is 5.91 Å². The van der Waals surface area contributed by atoms with Crippen molar-refractivity contribution in [1.29, 1.82) is 0 Å². The minimum atomic E-state index is -0.491. The van der Waals surface area contributed by atoms with Gasteiger partial charge in [0.05, 0.1) is 28.7 Å². The molecule has 0 aliphatic heterocycles. The molecule has 0 aliphatic rings. The van der Waals surface area contributed by atoms with E-state index in [9.17, 15) is 9.59 Å². The molecule has 2 amide bonds. The van der Waals surface area contributed by atoms with Crippen molar-refractivity contribution >= 4 is 22.8 Å². The Morgan fingerprint density at radius 3 is 2.22 bits per heavy atom. The summed E-state index contributed by atoms with van der Waals surface area (Å²) in [6, 6.07) is 22.1. The lowest BCUT2D eigenvalue weighted by atomic mass is 10.0. The molecule has 5 rings (SSSR count). The highest BCUT2D eigenvalue weighted by Gasteiger charge is 2.15. The molecule has 178 valence electrons. The Hall–Kier alpha value is -4.85. The largest absolute Gasteiger partial charge is 0.366 e. The van der Waals surface area contributed by atoms with Crippen molar-refractivity contribution in [3.05, 3.63) is 103 Å². The van der Waals surface area contributed by atoms with Gasteiger partial charge in [-0.15, -0.1) is 0 Å². The number of amides is 2. The molecule has 2 heterocycles. The lowest BCUT2D eigenvalue weighted by molar-refractivity contribution is 0.0951. The van der Waals surface area contributed by atoms with Crippen molar-refractivity contribution in [1.82, 2.24) is 24.8 Å². The quantitative estimate of drug-likeness (QED) is 0.328. The Balaban J connectivity index is 1.45. The molecule has 0 unspecified atom stereocenters. The van der Waals surface area contributed by atoms with Crippen LogP contribution in [0.4, 0.5) is 0 Å². The summed E-state index contributed by atoms with van der Waals surface area (Å²) >= 11 is 0. The van der Waals surface area contributed by atoms with E-state index < -0.39 is 5.91 Å². The maximum Gasteiger partial charge on any atom is 0.251 e. The van der Waals surface area contributed by atoms with Gasteiger partial charge < -0.3 is 15.6 Å². The highest BCUT2D eigenvalue weighted by atomic mass is 16.2. The number of fused-ring (bicyclic) bond motifs is 1. The smallest absolute Gasteiger partial charge is 0.251 e. The first-order chi connectivity index (χ1) is 17.6. The summed E-state index contributed by atoms with van der Waals surface area (Å²) in [4.78, 5) is 38.1. The second-order valence-electron chi connectivity index (χ2n) is 8.34. The van der Waals surface area contributed by atoms with E-state index in [0.717, 1.165) is 24.1 Å². The zero-order chi connectivity index (χ0) is 24.9. The summed E-state index contributed by atoms with van der Waals surface area (Å²) in [6.45, 7) is 1.33. The number of rotatable bonds is 8. The fourth-order valence-electron chi connectivity index (χ4n) is 3.97. The van der Waals surface area contributed by atoms with Gasteiger partial charge in [-0.05, 0) is 36.8 Å². The molecule has 3 aromatic carbocycles. The van der Waals surface area contributed by atoms with E-state index in [2.05, 4.69) is 10.3 Å². The Kier molecular flexibility index (Phi) is 6.48. The third kappa shape index (κ3) is 4.97. The standard InChI is InChI=1S/C28H24N6O2/c29-27(35)21-9-7-20(8-10-21)26-25(19-5-2-1-3-6-19)32-23-12-11-22(17-24(23)33-26)28(36)31-13-4-15-34-16-14-30-18-34/h1-3,5-12,14,16-18H,4,13,15H2,(H2,29,35)(H,31,36). The minimum absolute atomic E-state index is 0.163. The number of carbonyl (C=O) groups excluding carboxylic acids is 2. The summed E-state index contributed by atoms with van der Waals surface area (Å²) in [6.07, 6.45) is 6.18. The van der Waals surface area contributed by atoms with Crippen LogP contribution in [0.2, 0.25) is 0 Å². The topological polar surface area (TPSA) is 116 Å². The SMILES string of the molecule is NC(=O)c1ccc(-c2nc3cc(C(=O)NCCCn4ccnc4)ccc3nc2-c2ccccc2)cc1. The predicted octanol–water partition coefficient (Wildman–Crippen LogP) is 4.08. The summed E-state index contributed by atoms with van der Waals surface area (Å²) in [5.74, 6) is -0.654. The van der Waals surface area contributed by atoms with Gasteiger partial charge >= 0.3 is 0 Å². The fourth-order valence-corrected chi connectivity index (χ4v) is 3.97. The van der Waals surface area contributed by atoms with Crippen LogP contribution in [0.3, 0.4) is 0 Å². The highest BCUT2D eigenvalue weighted by Crippen LogP contribution is 2.31. The molecule has 8 heteroatoms. The Morgan fingerprint density at radius 1 is 0.833 bits per heavy atom. The van der Waals surface area contributed by atoms with Crippen LogP contribution in [0.1, 0.15) is 27.1 Å². The lowest BCUT2D eigenvalue weighted by Crippen LogP contribution is -2.25. The molecule has 0 spiro atoms. The molecule has 0 fully saturated rings. The van der Waals surface area contributed by atoms with Gasteiger partial charge in [0.1, 0.15) is 0 Å². The van der Waals surface area contributed by atoms with Crippen LogP contribution in [-0.2, 0) is 6.54 Å². The average molecular weight is 477 g/mol. The number of benzene rings is 3. The number of carbonyl (C=O) groups is 2. The van der Waals surface area contributed by atoms with Crippen molar-refractivity contribution in [3.8, 4) is 22.5 Å². The first-order valence-electron chi connectivity index (χ1n) is 11.6. The molecule has 2 aromatic heterocycles. The number of nitrogens with one attached hydrogen (secondary N) is 1. The highest BCUT2D eigenvalue weighted by molar-refractivity contribution is 5.98. The fraction of sp³-hybridized carbons (Fsp3) is 0.107. The number of nitrogens with two attached hydrogens (primary N) is 1. The van der Waals surface area contributed by atoms with Gasteiger partial charge in [0.2, 0.25) is 5.91 Å². The predicted molar refractivity (Wildman–Crippen MR) is 138 cm³/mol. The van der Waals surface area contributed by atoms with Crippen molar-refractivity contribution in [2.45, 2.75) is 13.0 Å². The van der Waals surface area contributed by atoms with E-state index in [1.807, 2.05) is 47.2 Å². The molecule has 0 atom stereocenters. The van der Waals surface area contributed by atoms with Crippen LogP contribution in [-0.4, -0.2) is 37.9 Å². The van der Waals surface area contributed by atoms with Gasteiger partial charge in [0.25, 0.3) is 5.91 Å². The summed E-state index contributed by atoms with van der Waals surface area (Å²) in [7, 11) is 0. The average Bonchev–Trinajstić information content (AvgIpc) is 3.44. The molecule has 0 bridgehead atoms. The number of imidazole rings is 1. The normalized spacial score (nSPS) is 10.9. The monoisotopic (exact) mass is 476 g/mol. The molecule has 0 saturated heterocycles. The lowest BCUT2D eigenvalue weighted by Gasteiger charge is -2.12. The molecule has 8 nitrogen and oxygen atoms in total. The molecular weight excluding hydrogens is 452 g/mol. The van der Waals surface area contributed by atoms with Crippen LogP contribution in [0.15, 0.2) is 91.5 Å². The van der Waals surface area contributed by atoms with Gasteiger partial charge in [-0.25, -0.2) is 15.0 Å². The van der Waals surface area contributed by atoms with E-state index in [4.69, 9.17) is 15.7 Å². The molecule has 36 heavy (non-hydrogen) atoms. The maximum absolute atomic E-state index is 12.8. The van der Waals surface area contributed by atoms with Gasteiger partial charge in [-0.1, -0.05) is 42.5 Å². The molecule has 0 saturated carbocycles. The van der Waals surface area contributed by atoms with Crippen LogP contribution < -0.4 is 11.1 Å². The third-order valence-corrected chi connectivity index (χ3v) is 5.85. The summed E-state index contributed by atoms with van der Waals surface area (Å²) in [5.41, 5.74) is 10.7. The number of aromatic nitrogens is 4. The molecule has 0 aliphatic carbocycles. The van der Waals surface area contributed by atoms with Crippen molar-refractivity contribution in [3.63, 3.8) is 0 Å². The Bertz CT molecular complexity index is 1510. The van der Waals surface area contributed by atoms with Crippen LogP contribution >= 0.6 is 0 Å². The summed E-state index contributed by atoms with van der Waals surface area (Å²) < 4.78 is 1.97. The zero-order valence-electron chi connectivity index (χ0n) is 19.5. The molecule has 5 aromatic rings. The maximum atomic E-state index is 12.8. The first kappa shape index (κ1) is 22.9. The number of primary amides is 1. The number of aryl methyl sites for hydroxylation is 1. The molecule has 0 radical (unpaired) electrons. The van der Waals surface area contributed by atoms with Crippen molar-refractivity contribution < 1.29 is 9.59 Å². The Morgan fingerprint density at radius 2 is 1.53 bits per heavy atom. The van der Waals surface area contributed by atoms with Gasteiger partial charge in [0.15, 0.2) is 0 Å². The minimum Gasteiger partial charge on any atom is -0.366 e. The Labute approximate surface area is 207 Å². The molecule has 3 N–H and O–H groups in total. The van der Waals surface area contributed by atoms with Crippen molar-refractivity contribution in [2.75, 3.05) is 6.54 Å². The second-order valence-corrected chi connectivity index (χ2v) is 8.34. The first-order valence-corrected chi connectivity index (χ1v) is 11.6. The van der Waals surface area contributed by atoms with Crippen molar-refractivity contribution in [2.24, 2.45) is 5.73 Å². The van der Waals surface area contributed by atoms with Gasteiger partial charge in [0, 0.05) is 47.7 Å². The van der Waals surface area contributed by atoms with Crippen LogP contribution in [0.25, 0.3) is 33.5 Å². The van der Waals surface area contributed by atoms with E-state index in [0.29, 0.717) is 40.1 Å². The number of hydrogen-bond donors (Lipinski definition) is 2. The van der Waals surface area contributed by atoms with E-state index in [1.54, 1.807) is 48.9 Å². The van der Waals surface area contributed by atoms with Gasteiger partial charge in [-0.3, -0.25) is 9.59 Å². The molecular formula is C28H24N6O2.